The van der Waals surface area contributed by atoms with E-state index in [2.05, 4.69) is 50.1 Å². The van der Waals surface area contributed by atoms with Gasteiger partial charge in [-0.3, -0.25) is 4.68 Å². The van der Waals surface area contributed by atoms with Crippen LogP contribution in [0, 0.1) is 13.8 Å². The van der Waals surface area contributed by atoms with Crippen LogP contribution in [0.4, 0.5) is 0 Å². The second kappa shape index (κ2) is 3.95. The topological polar surface area (TPSA) is 46.5 Å². The lowest BCUT2D eigenvalue weighted by Crippen LogP contribution is -1.92. The van der Waals surface area contributed by atoms with Crippen LogP contribution in [0.5, 0.6) is 0 Å². The number of H-pyrrole nitrogens is 1. The van der Waals surface area contributed by atoms with Crippen molar-refractivity contribution in [3.8, 4) is 11.1 Å². The van der Waals surface area contributed by atoms with Crippen molar-refractivity contribution in [3.05, 3.63) is 34.3 Å². The van der Waals surface area contributed by atoms with Gasteiger partial charge in [-0.1, -0.05) is 0 Å². The molecule has 0 saturated carbocycles. The highest BCUT2D eigenvalue weighted by Crippen LogP contribution is 2.32. The number of aryl methyl sites for hydroxylation is 2. The van der Waals surface area contributed by atoms with E-state index in [-0.39, 0.29) is 0 Å². The smallest absolute Gasteiger partial charge is 0.102 e. The fraction of sp³-hybridized carbons (Fsp3) is 0.231. The van der Waals surface area contributed by atoms with Gasteiger partial charge in [0.2, 0.25) is 0 Å². The zero-order valence-corrected chi connectivity index (χ0v) is 12.0. The van der Waals surface area contributed by atoms with Crippen molar-refractivity contribution in [1.29, 1.82) is 0 Å². The number of hydrogen-bond acceptors (Lipinski definition) is 2. The Morgan fingerprint density at radius 1 is 1.28 bits per heavy atom. The Hall–Kier alpha value is -1.62. The predicted octanol–water partition coefficient (Wildman–Crippen LogP) is 3.34. The number of nitrogens with zero attached hydrogens (tertiary/aromatic N) is 3. The van der Waals surface area contributed by atoms with Gasteiger partial charge in [0.05, 0.1) is 17.5 Å². The van der Waals surface area contributed by atoms with Crippen LogP contribution in [0.15, 0.2) is 22.9 Å². The van der Waals surface area contributed by atoms with Crippen molar-refractivity contribution >= 4 is 27.0 Å². The Bertz CT molecular complexity index is 739. The second-order valence-electron chi connectivity index (χ2n) is 4.43. The molecule has 3 aromatic rings. The van der Waals surface area contributed by atoms with Gasteiger partial charge in [0.15, 0.2) is 0 Å². The van der Waals surface area contributed by atoms with Crippen molar-refractivity contribution in [2.75, 3.05) is 0 Å². The van der Waals surface area contributed by atoms with Crippen LogP contribution in [0.25, 0.3) is 22.2 Å². The second-order valence-corrected chi connectivity index (χ2v) is 5.28. The number of halogens is 1. The van der Waals surface area contributed by atoms with Crippen molar-refractivity contribution in [3.63, 3.8) is 0 Å². The zero-order valence-electron chi connectivity index (χ0n) is 10.5. The maximum atomic E-state index is 4.46. The minimum absolute atomic E-state index is 0.956. The first-order chi connectivity index (χ1) is 8.58. The van der Waals surface area contributed by atoms with Gasteiger partial charge in [0.1, 0.15) is 5.52 Å². The fourth-order valence-corrected chi connectivity index (χ4v) is 2.90. The molecule has 0 spiro atoms. The molecule has 3 rings (SSSR count). The fourth-order valence-electron chi connectivity index (χ4n) is 2.34. The molecule has 0 bridgehead atoms. The highest BCUT2D eigenvalue weighted by atomic mass is 79.9. The normalized spacial score (nSPS) is 11.3. The van der Waals surface area contributed by atoms with E-state index in [4.69, 9.17) is 0 Å². The third-order valence-electron chi connectivity index (χ3n) is 3.27. The molecule has 5 heteroatoms. The molecule has 0 aliphatic carbocycles. The quantitative estimate of drug-likeness (QED) is 0.749. The molecule has 0 radical (unpaired) electrons. The van der Waals surface area contributed by atoms with Crippen molar-refractivity contribution < 1.29 is 0 Å². The van der Waals surface area contributed by atoms with E-state index < -0.39 is 0 Å². The van der Waals surface area contributed by atoms with Crippen LogP contribution >= 0.6 is 15.9 Å². The summed E-state index contributed by atoms with van der Waals surface area (Å²) in [6, 6.07) is 4.21. The number of benzene rings is 1. The average molecular weight is 305 g/mol. The molecule has 0 atom stereocenters. The minimum Gasteiger partial charge on any atom is -0.345 e. The van der Waals surface area contributed by atoms with Crippen molar-refractivity contribution in [1.82, 2.24) is 19.7 Å². The van der Waals surface area contributed by atoms with Gasteiger partial charge in [0, 0.05) is 22.8 Å². The van der Waals surface area contributed by atoms with Crippen LogP contribution in [0.3, 0.4) is 0 Å². The van der Waals surface area contributed by atoms with Crippen LogP contribution < -0.4 is 0 Å². The molecule has 0 aliphatic heterocycles. The summed E-state index contributed by atoms with van der Waals surface area (Å²) in [6.45, 7) is 4.12. The molecule has 1 N–H and O–H groups in total. The predicted molar refractivity (Wildman–Crippen MR) is 75.5 cm³/mol. The Balaban J connectivity index is 2.31. The van der Waals surface area contributed by atoms with Gasteiger partial charge in [-0.25, -0.2) is 4.98 Å². The van der Waals surface area contributed by atoms with Gasteiger partial charge in [-0.05, 0) is 47.5 Å². The minimum atomic E-state index is 0.956. The summed E-state index contributed by atoms with van der Waals surface area (Å²) < 4.78 is 2.91. The Labute approximate surface area is 113 Å². The third kappa shape index (κ3) is 1.58. The van der Waals surface area contributed by atoms with Crippen LogP contribution in [0.2, 0.25) is 0 Å². The Kier molecular flexibility index (Phi) is 2.52. The summed E-state index contributed by atoms with van der Waals surface area (Å²) in [6.07, 6.45) is 1.71. The van der Waals surface area contributed by atoms with Crippen molar-refractivity contribution in [2.24, 2.45) is 7.05 Å². The number of rotatable bonds is 1. The first kappa shape index (κ1) is 11.5. The number of fused-ring (bicyclic) bond motifs is 1. The summed E-state index contributed by atoms with van der Waals surface area (Å²) in [5.41, 5.74) is 6.54. The van der Waals surface area contributed by atoms with E-state index in [1.165, 1.54) is 11.3 Å². The lowest BCUT2D eigenvalue weighted by molar-refractivity contribution is 0.731. The van der Waals surface area contributed by atoms with Crippen LogP contribution in [-0.4, -0.2) is 19.7 Å². The summed E-state index contributed by atoms with van der Waals surface area (Å²) in [5.74, 6) is 0. The molecule has 0 saturated heterocycles. The molecule has 0 unspecified atom stereocenters. The van der Waals surface area contributed by atoms with E-state index in [0.717, 1.165) is 26.8 Å². The number of hydrogen-bond donors (Lipinski definition) is 1. The van der Waals surface area contributed by atoms with E-state index >= 15 is 0 Å². The van der Waals surface area contributed by atoms with E-state index in [9.17, 15) is 0 Å². The maximum Gasteiger partial charge on any atom is 0.102 e. The summed E-state index contributed by atoms with van der Waals surface area (Å²) in [7, 11) is 1.97. The summed E-state index contributed by atoms with van der Waals surface area (Å²) >= 11 is 3.57. The molecular formula is C13H13BrN4. The zero-order chi connectivity index (χ0) is 12.9. The van der Waals surface area contributed by atoms with E-state index in [0.29, 0.717) is 0 Å². The highest BCUT2D eigenvalue weighted by molar-refractivity contribution is 9.10. The van der Waals surface area contributed by atoms with Crippen LogP contribution in [0.1, 0.15) is 11.4 Å². The van der Waals surface area contributed by atoms with E-state index in [1.807, 2.05) is 18.7 Å². The molecule has 4 nitrogen and oxygen atoms in total. The van der Waals surface area contributed by atoms with Gasteiger partial charge in [0.25, 0.3) is 0 Å². The lowest BCUT2D eigenvalue weighted by Gasteiger charge is -2.04. The summed E-state index contributed by atoms with van der Waals surface area (Å²) in [4.78, 5) is 7.43. The molecule has 2 aromatic heterocycles. The maximum absolute atomic E-state index is 4.46. The number of aromatic amines is 1. The molecule has 0 fully saturated rings. The SMILES string of the molecule is Cc1nn(C)c(C)c1-c1cc(Br)c2nc[nH]c2c1. The monoisotopic (exact) mass is 304 g/mol. The largest absolute Gasteiger partial charge is 0.345 e. The standard InChI is InChI=1S/C13H13BrN4/c1-7-12(8(2)18(3)17-7)9-4-10(14)13-11(5-9)15-6-16-13/h4-6H,1-3H3,(H,15,16). The van der Waals surface area contributed by atoms with Gasteiger partial charge in [-0.15, -0.1) is 0 Å². The van der Waals surface area contributed by atoms with Crippen molar-refractivity contribution in [2.45, 2.75) is 13.8 Å². The Morgan fingerprint density at radius 3 is 2.72 bits per heavy atom. The van der Waals surface area contributed by atoms with Gasteiger partial charge < -0.3 is 4.98 Å². The van der Waals surface area contributed by atoms with E-state index in [1.54, 1.807) is 6.33 Å². The summed E-state index contributed by atoms with van der Waals surface area (Å²) in [5, 5.41) is 4.46. The molecular weight excluding hydrogens is 292 g/mol. The van der Waals surface area contributed by atoms with Gasteiger partial charge in [-0.2, -0.15) is 5.10 Å². The number of aromatic nitrogens is 4. The Morgan fingerprint density at radius 2 is 2.06 bits per heavy atom. The van der Waals surface area contributed by atoms with Gasteiger partial charge >= 0.3 is 0 Å². The average Bonchev–Trinajstić information content (AvgIpc) is 2.85. The first-order valence-electron chi connectivity index (χ1n) is 5.71. The number of imidazole rings is 1. The van der Waals surface area contributed by atoms with Crippen LogP contribution in [-0.2, 0) is 7.05 Å². The molecule has 2 heterocycles. The molecule has 1 aromatic carbocycles. The molecule has 92 valence electrons. The molecule has 0 amide bonds. The third-order valence-corrected chi connectivity index (χ3v) is 3.88. The first-order valence-corrected chi connectivity index (χ1v) is 6.50. The lowest BCUT2D eigenvalue weighted by atomic mass is 10.0. The number of nitrogens with one attached hydrogen (secondary N) is 1. The highest BCUT2D eigenvalue weighted by Gasteiger charge is 2.14. The molecule has 0 aliphatic rings. The molecule has 18 heavy (non-hydrogen) atoms.